The van der Waals surface area contributed by atoms with Crippen LogP contribution >= 0.6 is 22.9 Å². The number of aliphatic hydroxyl groups is 1. The molecule has 2 N–H and O–H groups in total. The van der Waals surface area contributed by atoms with Gasteiger partial charge in [0.25, 0.3) is 0 Å². The second-order valence-corrected chi connectivity index (χ2v) is 9.86. The van der Waals surface area contributed by atoms with Crippen LogP contribution in [0.4, 0.5) is 0 Å². The maximum absolute atomic E-state index is 12.6. The quantitative estimate of drug-likeness (QED) is 0.633. The molecule has 0 fully saturated rings. The number of halogens is 1. The van der Waals surface area contributed by atoms with Crippen molar-refractivity contribution in [2.45, 2.75) is 43.0 Å². The summed E-state index contributed by atoms with van der Waals surface area (Å²) >= 11 is 6.85. The van der Waals surface area contributed by atoms with E-state index in [1.165, 1.54) is 6.07 Å². The highest BCUT2D eigenvalue weighted by molar-refractivity contribution is 7.91. The van der Waals surface area contributed by atoms with Crippen LogP contribution < -0.4 is 4.72 Å². The fourth-order valence-corrected chi connectivity index (χ4v) is 5.44. The average Bonchev–Trinajstić information content (AvgIpc) is 3.07. The van der Waals surface area contributed by atoms with Crippen molar-refractivity contribution in [3.8, 4) is 0 Å². The topological polar surface area (TPSA) is 66.4 Å². The predicted molar refractivity (Wildman–Crippen MR) is 109 cm³/mol. The van der Waals surface area contributed by atoms with Crippen LogP contribution in [0.15, 0.2) is 52.7 Å². The Morgan fingerprint density at radius 2 is 1.92 bits per heavy atom. The van der Waals surface area contributed by atoms with Crippen LogP contribution in [-0.4, -0.2) is 25.7 Å². The standard InChI is InChI=1S/C19H24ClNO3S2/c1-3-14(2)19(21-26(23,24)18-13-12-17(20)25-18)16(22)11-7-10-15-8-5-4-6-9-15/h4-10,12-14,16,19,21-22H,3,11H2,1-2H3/t14-,16?,19-/m0/s1. The van der Waals surface area contributed by atoms with Crippen molar-refractivity contribution in [1.82, 2.24) is 4.72 Å². The first kappa shape index (κ1) is 21.1. The Kier molecular flexibility index (Phi) is 7.85. The van der Waals surface area contributed by atoms with Crippen molar-refractivity contribution in [1.29, 1.82) is 0 Å². The van der Waals surface area contributed by atoms with Crippen molar-refractivity contribution in [2.75, 3.05) is 0 Å². The number of aliphatic hydroxyl groups excluding tert-OH is 1. The van der Waals surface area contributed by atoms with Gasteiger partial charge in [0.15, 0.2) is 0 Å². The highest BCUT2D eigenvalue weighted by Gasteiger charge is 2.29. The zero-order valence-electron chi connectivity index (χ0n) is 14.8. The summed E-state index contributed by atoms with van der Waals surface area (Å²) in [6, 6.07) is 12.2. The lowest BCUT2D eigenvalue weighted by Crippen LogP contribution is -2.47. The monoisotopic (exact) mass is 413 g/mol. The summed E-state index contributed by atoms with van der Waals surface area (Å²) in [6.07, 6.45) is 4.07. The Morgan fingerprint density at radius 3 is 2.50 bits per heavy atom. The van der Waals surface area contributed by atoms with E-state index in [4.69, 9.17) is 11.6 Å². The molecule has 26 heavy (non-hydrogen) atoms. The summed E-state index contributed by atoms with van der Waals surface area (Å²) in [5.74, 6) is -0.0136. The van der Waals surface area contributed by atoms with E-state index in [1.807, 2.05) is 56.3 Å². The minimum Gasteiger partial charge on any atom is -0.391 e. The van der Waals surface area contributed by atoms with E-state index in [-0.39, 0.29) is 10.1 Å². The Bertz CT molecular complexity index is 818. The van der Waals surface area contributed by atoms with Crippen LogP contribution in [0.5, 0.6) is 0 Å². The van der Waals surface area contributed by atoms with Gasteiger partial charge in [0.2, 0.25) is 10.0 Å². The number of hydrogen-bond donors (Lipinski definition) is 2. The molecule has 1 aromatic heterocycles. The van der Waals surface area contributed by atoms with E-state index in [9.17, 15) is 13.5 Å². The fourth-order valence-electron chi connectivity index (χ4n) is 2.56. The van der Waals surface area contributed by atoms with E-state index in [0.29, 0.717) is 10.8 Å². The number of rotatable bonds is 9. The van der Waals surface area contributed by atoms with Crippen molar-refractivity contribution >= 4 is 39.0 Å². The van der Waals surface area contributed by atoms with Crippen LogP contribution in [-0.2, 0) is 10.0 Å². The molecule has 142 valence electrons. The van der Waals surface area contributed by atoms with Crippen LogP contribution in [0.25, 0.3) is 6.08 Å². The number of nitrogens with one attached hydrogen (secondary N) is 1. The van der Waals surface area contributed by atoms with Gasteiger partial charge >= 0.3 is 0 Å². The molecule has 0 aliphatic rings. The van der Waals surface area contributed by atoms with Crippen molar-refractivity contribution in [3.63, 3.8) is 0 Å². The average molecular weight is 414 g/mol. The highest BCUT2D eigenvalue weighted by atomic mass is 35.5. The molecule has 3 atom stereocenters. The smallest absolute Gasteiger partial charge is 0.250 e. The third-order valence-electron chi connectivity index (χ3n) is 4.26. The summed E-state index contributed by atoms with van der Waals surface area (Å²) in [6.45, 7) is 3.90. The minimum absolute atomic E-state index is 0.0136. The second kappa shape index (κ2) is 9.67. The van der Waals surface area contributed by atoms with Crippen LogP contribution in [0, 0.1) is 5.92 Å². The summed E-state index contributed by atoms with van der Waals surface area (Å²) in [5, 5.41) is 10.6. The van der Waals surface area contributed by atoms with Gasteiger partial charge in [-0.05, 0) is 30.0 Å². The van der Waals surface area contributed by atoms with E-state index in [0.717, 1.165) is 23.3 Å². The van der Waals surface area contributed by atoms with Gasteiger partial charge in [0, 0.05) is 0 Å². The largest absolute Gasteiger partial charge is 0.391 e. The molecule has 2 rings (SSSR count). The number of sulfonamides is 1. The van der Waals surface area contributed by atoms with Gasteiger partial charge in [-0.25, -0.2) is 13.1 Å². The summed E-state index contributed by atoms with van der Waals surface area (Å²) < 4.78 is 28.4. The third-order valence-corrected chi connectivity index (χ3v) is 7.45. The van der Waals surface area contributed by atoms with Crippen molar-refractivity contribution in [2.24, 2.45) is 5.92 Å². The Balaban J connectivity index is 2.09. The first-order chi connectivity index (χ1) is 12.3. The van der Waals surface area contributed by atoms with Gasteiger partial charge in [-0.1, -0.05) is 74.4 Å². The summed E-state index contributed by atoms with van der Waals surface area (Å²) in [4.78, 5) is 0. The SMILES string of the molecule is CC[C@H](C)[C@H](NS(=O)(=O)c1ccc(Cl)s1)C(O)CC=Cc1ccccc1. The van der Waals surface area contributed by atoms with E-state index >= 15 is 0 Å². The molecule has 2 aromatic rings. The molecule has 0 bridgehead atoms. The summed E-state index contributed by atoms with van der Waals surface area (Å²) in [7, 11) is -3.72. The first-order valence-electron chi connectivity index (χ1n) is 8.50. The minimum atomic E-state index is -3.72. The molecule has 0 saturated heterocycles. The summed E-state index contributed by atoms with van der Waals surface area (Å²) in [5.41, 5.74) is 1.04. The molecule has 1 unspecified atom stereocenters. The molecule has 0 saturated carbocycles. The van der Waals surface area contributed by atoms with Crippen molar-refractivity contribution in [3.05, 3.63) is 58.4 Å². The zero-order valence-corrected chi connectivity index (χ0v) is 17.2. The lowest BCUT2D eigenvalue weighted by Gasteiger charge is -2.28. The van der Waals surface area contributed by atoms with Gasteiger partial charge in [0.1, 0.15) is 4.21 Å². The highest BCUT2D eigenvalue weighted by Crippen LogP contribution is 2.27. The zero-order chi connectivity index (χ0) is 19.2. The number of hydrogen-bond acceptors (Lipinski definition) is 4. The number of thiophene rings is 1. The molecule has 4 nitrogen and oxygen atoms in total. The van der Waals surface area contributed by atoms with Gasteiger partial charge in [-0.3, -0.25) is 0 Å². The maximum Gasteiger partial charge on any atom is 0.250 e. The Morgan fingerprint density at radius 1 is 1.23 bits per heavy atom. The van der Waals surface area contributed by atoms with Gasteiger partial charge in [-0.15, -0.1) is 11.3 Å². The molecule has 1 heterocycles. The lowest BCUT2D eigenvalue weighted by molar-refractivity contribution is 0.114. The van der Waals surface area contributed by atoms with Crippen LogP contribution in [0.1, 0.15) is 32.3 Å². The van der Waals surface area contributed by atoms with Crippen LogP contribution in [0.3, 0.4) is 0 Å². The van der Waals surface area contributed by atoms with E-state index in [2.05, 4.69) is 4.72 Å². The van der Waals surface area contributed by atoms with Gasteiger partial charge in [-0.2, -0.15) is 0 Å². The molecule has 0 spiro atoms. The molecular formula is C19H24ClNO3S2. The van der Waals surface area contributed by atoms with Gasteiger partial charge < -0.3 is 5.11 Å². The normalized spacial score (nSPS) is 15.8. The number of benzene rings is 1. The van der Waals surface area contributed by atoms with Crippen LogP contribution in [0.2, 0.25) is 4.34 Å². The third kappa shape index (κ3) is 5.93. The molecule has 1 aromatic carbocycles. The molecule has 0 aliphatic heterocycles. The molecule has 0 radical (unpaired) electrons. The first-order valence-corrected chi connectivity index (χ1v) is 11.2. The molecule has 0 aliphatic carbocycles. The van der Waals surface area contributed by atoms with E-state index in [1.54, 1.807) is 6.07 Å². The Hall–Kier alpha value is -1.18. The molecule has 0 amide bonds. The maximum atomic E-state index is 12.6. The van der Waals surface area contributed by atoms with Crippen molar-refractivity contribution < 1.29 is 13.5 Å². The van der Waals surface area contributed by atoms with E-state index < -0.39 is 22.2 Å². The Labute approximate surface area is 164 Å². The fraction of sp³-hybridized carbons (Fsp3) is 0.368. The van der Waals surface area contributed by atoms with Gasteiger partial charge in [0.05, 0.1) is 16.5 Å². The molecular weight excluding hydrogens is 390 g/mol. The second-order valence-electron chi connectivity index (χ2n) is 6.21. The predicted octanol–water partition coefficient (Wildman–Crippen LogP) is 4.56. The lowest BCUT2D eigenvalue weighted by atomic mass is 9.93. The molecule has 7 heteroatoms.